The summed E-state index contributed by atoms with van der Waals surface area (Å²) in [5.74, 6) is 0.310. The molecule has 0 spiro atoms. The van der Waals surface area contributed by atoms with Crippen molar-refractivity contribution in [3.8, 4) is 11.4 Å². The number of hydrogen-bond acceptors (Lipinski definition) is 5. The van der Waals surface area contributed by atoms with E-state index in [1.54, 1.807) is 17.5 Å². The number of hydrogen-bond donors (Lipinski definition) is 1. The predicted octanol–water partition coefficient (Wildman–Crippen LogP) is 3.48. The molecule has 1 aliphatic carbocycles. The summed E-state index contributed by atoms with van der Waals surface area (Å²) in [6.45, 7) is 2.51. The quantitative estimate of drug-likeness (QED) is 0.875. The van der Waals surface area contributed by atoms with Crippen molar-refractivity contribution in [3.05, 3.63) is 34.8 Å². The normalized spacial score (nSPS) is 21.8. The first-order valence-electron chi connectivity index (χ1n) is 9.67. The van der Waals surface area contributed by atoms with Crippen molar-refractivity contribution in [2.75, 3.05) is 13.1 Å². The van der Waals surface area contributed by atoms with Crippen LogP contribution < -0.4 is 5.32 Å². The maximum Gasteiger partial charge on any atom is 0.224 e. The molecule has 1 saturated carbocycles. The van der Waals surface area contributed by atoms with Crippen LogP contribution in [0.2, 0.25) is 0 Å². The molecular weight excluding hydrogens is 344 g/mol. The van der Waals surface area contributed by atoms with Gasteiger partial charge in [0.1, 0.15) is 5.01 Å². The third-order valence-electron chi connectivity index (χ3n) is 5.57. The van der Waals surface area contributed by atoms with Gasteiger partial charge in [-0.1, -0.05) is 25.3 Å². The van der Waals surface area contributed by atoms with E-state index >= 15 is 0 Å². The summed E-state index contributed by atoms with van der Waals surface area (Å²) in [6, 6.07) is 6.52. The van der Waals surface area contributed by atoms with E-state index in [1.807, 2.05) is 23.6 Å². The molecule has 0 aromatic carbocycles. The molecule has 2 aliphatic rings. The number of rotatable bonds is 5. The van der Waals surface area contributed by atoms with Crippen LogP contribution in [0.5, 0.6) is 0 Å². The molecule has 2 aromatic heterocycles. The lowest BCUT2D eigenvalue weighted by Crippen LogP contribution is -2.37. The highest BCUT2D eigenvalue weighted by molar-refractivity contribution is 7.09. The number of likely N-dealkylation sites (tertiary alicyclic amines) is 1. The van der Waals surface area contributed by atoms with Gasteiger partial charge in [-0.2, -0.15) is 0 Å². The molecule has 5 nitrogen and oxygen atoms in total. The van der Waals surface area contributed by atoms with E-state index in [0.717, 1.165) is 35.9 Å². The number of nitrogens with zero attached hydrogens (tertiary/aromatic N) is 3. The predicted molar refractivity (Wildman–Crippen MR) is 104 cm³/mol. The second-order valence-corrected chi connectivity index (χ2v) is 8.27. The van der Waals surface area contributed by atoms with E-state index in [-0.39, 0.29) is 11.8 Å². The largest absolute Gasteiger partial charge is 0.349 e. The Balaban J connectivity index is 1.27. The van der Waals surface area contributed by atoms with Gasteiger partial charge in [-0.25, -0.2) is 4.98 Å². The van der Waals surface area contributed by atoms with Crippen molar-refractivity contribution in [1.29, 1.82) is 0 Å². The Labute approximate surface area is 158 Å². The number of thiazole rings is 1. The molecule has 6 heteroatoms. The molecule has 1 unspecified atom stereocenters. The third-order valence-corrected chi connectivity index (χ3v) is 6.42. The summed E-state index contributed by atoms with van der Waals surface area (Å²) in [6.07, 6.45) is 9.45. The SMILES string of the molecule is O=C(NCc1nc(-c2ccccn2)cs1)C1CCN(C2CCCCC2)C1. The van der Waals surface area contributed by atoms with Gasteiger partial charge in [-0.05, 0) is 37.9 Å². The second-order valence-electron chi connectivity index (χ2n) is 7.33. The number of nitrogens with one attached hydrogen (secondary N) is 1. The summed E-state index contributed by atoms with van der Waals surface area (Å²) in [5, 5.41) is 6.03. The van der Waals surface area contributed by atoms with E-state index in [2.05, 4.69) is 20.2 Å². The highest BCUT2D eigenvalue weighted by Crippen LogP contribution is 2.28. The molecule has 1 saturated heterocycles. The fourth-order valence-corrected chi connectivity index (χ4v) is 4.84. The fraction of sp³-hybridized carbons (Fsp3) is 0.550. The Bertz CT molecular complexity index is 726. The summed E-state index contributed by atoms with van der Waals surface area (Å²) in [4.78, 5) is 24.0. The molecular formula is C20H26N4OS. The number of amides is 1. The van der Waals surface area contributed by atoms with Gasteiger partial charge >= 0.3 is 0 Å². The van der Waals surface area contributed by atoms with Crippen molar-refractivity contribution >= 4 is 17.2 Å². The van der Waals surface area contributed by atoms with Crippen molar-refractivity contribution < 1.29 is 4.79 Å². The minimum Gasteiger partial charge on any atom is -0.349 e. The van der Waals surface area contributed by atoms with E-state index in [0.29, 0.717) is 12.6 Å². The van der Waals surface area contributed by atoms with Gasteiger partial charge in [0.2, 0.25) is 5.91 Å². The number of carbonyl (C=O) groups is 1. The molecule has 1 N–H and O–H groups in total. The molecule has 3 heterocycles. The second kappa shape index (κ2) is 8.27. The standard InChI is InChI=1S/C20H26N4OS/c25-20(15-9-11-24(13-15)16-6-2-1-3-7-16)22-12-19-23-18(14-26-19)17-8-4-5-10-21-17/h4-5,8,10,14-16H,1-3,6-7,9,11-13H2,(H,22,25). The van der Waals surface area contributed by atoms with Gasteiger partial charge in [0.25, 0.3) is 0 Å². The van der Waals surface area contributed by atoms with Crippen molar-refractivity contribution in [3.63, 3.8) is 0 Å². The smallest absolute Gasteiger partial charge is 0.224 e. The number of pyridine rings is 1. The molecule has 26 heavy (non-hydrogen) atoms. The Morgan fingerprint density at radius 3 is 2.88 bits per heavy atom. The average molecular weight is 371 g/mol. The lowest BCUT2D eigenvalue weighted by atomic mass is 9.94. The molecule has 0 bridgehead atoms. The summed E-state index contributed by atoms with van der Waals surface area (Å²) in [5.41, 5.74) is 1.75. The summed E-state index contributed by atoms with van der Waals surface area (Å²) < 4.78 is 0. The Morgan fingerprint density at radius 2 is 2.08 bits per heavy atom. The van der Waals surface area contributed by atoms with Crippen LogP contribution in [0.15, 0.2) is 29.8 Å². The third kappa shape index (κ3) is 4.13. The number of carbonyl (C=O) groups excluding carboxylic acids is 1. The van der Waals surface area contributed by atoms with E-state index in [4.69, 9.17) is 0 Å². The maximum absolute atomic E-state index is 12.6. The molecule has 4 rings (SSSR count). The first-order chi connectivity index (χ1) is 12.8. The number of aromatic nitrogens is 2. The zero-order valence-electron chi connectivity index (χ0n) is 15.1. The average Bonchev–Trinajstić information content (AvgIpc) is 3.37. The van der Waals surface area contributed by atoms with Crippen LogP contribution in [0, 0.1) is 5.92 Å². The van der Waals surface area contributed by atoms with Crippen LogP contribution in [-0.4, -0.2) is 39.9 Å². The first kappa shape index (κ1) is 17.6. The summed E-state index contributed by atoms with van der Waals surface area (Å²) >= 11 is 1.58. The Kier molecular flexibility index (Phi) is 5.60. The molecule has 0 radical (unpaired) electrons. The highest BCUT2D eigenvalue weighted by Gasteiger charge is 2.32. The molecule has 1 atom stereocenters. The minimum atomic E-state index is 0.132. The van der Waals surface area contributed by atoms with Gasteiger partial charge < -0.3 is 5.32 Å². The lowest BCUT2D eigenvalue weighted by Gasteiger charge is -2.30. The van der Waals surface area contributed by atoms with Crippen molar-refractivity contribution in [2.45, 2.75) is 51.1 Å². The molecule has 1 aliphatic heterocycles. The fourth-order valence-electron chi connectivity index (χ4n) is 4.11. The monoisotopic (exact) mass is 370 g/mol. The van der Waals surface area contributed by atoms with Gasteiger partial charge in [-0.15, -0.1) is 11.3 Å². The minimum absolute atomic E-state index is 0.132. The topological polar surface area (TPSA) is 58.1 Å². The van der Waals surface area contributed by atoms with Crippen molar-refractivity contribution in [1.82, 2.24) is 20.2 Å². The molecule has 138 valence electrons. The van der Waals surface area contributed by atoms with Gasteiger partial charge in [-0.3, -0.25) is 14.7 Å². The summed E-state index contributed by atoms with van der Waals surface area (Å²) in [7, 11) is 0. The van der Waals surface area contributed by atoms with E-state index in [9.17, 15) is 4.79 Å². The van der Waals surface area contributed by atoms with Gasteiger partial charge in [0, 0.05) is 24.2 Å². The zero-order valence-corrected chi connectivity index (χ0v) is 15.9. The molecule has 2 aromatic rings. The maximum atomic E-state index is 12.6. The van der Waals surface area contributed by atoms with Gasteiger partial charge in [0.05, 0.1) is 23.9 Å². The highest BCUT2D eigenvalue weighted by atomic mass is 32.1. The Hall–Kier alpha value is -1.79. The Morgan fingerprint density at radius 1 is 1.19 bits per heavy atom. The van der Waals surface area contributed by atoms with Crippen LogP contribution in [-0.2, 0) is 11.3 Å². The molecule has 1 amide bonds. The van der Waals surface area contributed by atoms with E-state index < -0.39 is 0 Å². The lowest BCUT2D eigenvalue weighted by molar-refractivity contribution is -0.124. The molecule has 2 fully saturated rings. The zero-order chi connectivity index (χ0) is 17.8. The van der Waals surface area contributed by atoms with Crippen molar-refractivity contribution in [2.24, 2.45) is 5.92 Å². The van der Waals surface area contributed by atoms with E-state index in [1.165, 1.54) is 32.1 Å². The van der Waals surface area contributed by atoms with Crippen LogP contribution in [0.25, 0.3) is 11.4 Å². The van der Waals surface area contributed by atoms with Gasteiger partial charge in [0.15, 0.2) is 0 Å². The van der Waals surface area contributed by atoms with Crippen LogP contribution >= 0.6 is 11.3 Å². The van der Waals surface area contributed by atoms with Crippen LogP contribution in [0.3, 0.4) is 0 Å². The van der Waals surface area contributed by atoms with Crippen LogP contribution in [0.1, 0.15) is 43.5 Å². The first-order valence-corrected chi connectivity index (χ1v) is 10.5. The van der Waals surface area contributed by atoms with Crippen LogP contribution in [0.4, 0.5) is 0 Å².